The molecule has 1 aromatic carbocycles. The first-order valence-corrected chi connectivity index (χ1v) is 7.80. The molecule has 1 unspecified atom stereocenters. The minimum atomic E-state index is 0. The van der Waals surface area contributed by atoms with Crippen LogP contribution in [-0.2, 0) is 6.42 Å². The molecule has 3 fully saturated rings. The van der Waals surface area contributed by atoms with Gasteiger partial charge in [-0.05, 0) is 62.4 Å². The van der Waals surface area contributed by atoms with Gasteiger partial charge in [0.15, 0.2) is 0 Å². The molecule has 4 heteroatoms. The fraction of sp³-hybridized carbons (Fsp3) is 0.588. The number of fused-ring (bicyclic) bond motifs is 3. The van der Waals surface area contributed by atoms with Crippen molar-refractivity contribution in [3.05, 3.63) is 34.9 Å². The largest absolute Gasteiger partial charge is 0.348 e. The summed E-state index contributed by atoms with van der Waals surface area (Å²) < 4.78 is 0. The van der Waals surface area contributed by atoms with Crippen LogP contribution in [0.4, 0.5) is 0 Å². The normalized spacial score (nSPS) is 27.0. The Kier molecular flexibility index (Phi) is 5.28. The molecule has 3 nitrogen and oxygen atoms in total. The molecule has 0 saturated carbocycles. The highest BCUT2D eigenvalue weighted by molar-refractivity contribution is 5.96. The van der Waals surface area contributed by atoms with E-state index >= 15 is 0 Å². The van der Waals surface area contributed by atoms with Gasteiger partial charge in [0, 0.05) is 18.2 Å². The number of nitrogens with zero attached hydrogens (tertiary/aromatic N) is 1. The molecule has 1 N–H and O–H groups in total. The maximum atomic E-state index is 12.5. The van der Waals surface area contributed by atoms with Gasteiger partial charge in [-0.15, -0.1) is 12.4 Å². The van der Waals surface area contributed by atoms with Crippen molar-refractivity contribution in [1.82, 2.24) is 10.2 Å². The second-order valence-corrected chi connectivity index (χ2v) is 6.16. The molecule has 3 saturated heterocycles. The zero-order valence-electron chi connectivity index (χ0n) is 12.9. The number of hydrogen-bond acceptors (Lipinski definition) is 2. The molecule has 1 atom stereocenters. The molecule has 1 amide bonds. The van der Waals surface area contributed by atoms with E-state index in [2.05, 4.69) is 30.1 Å². The molecule has 0 spiro atoms. The van der Waals surface area contributed by atoms with Crippen molar-refractivity contribution >= 4 is 18.3 Å². The Morgan fingerprint density at radius 1 is 1.33 bits per heavy atom. The monoisotopic (exact) mass is 308 g/mol. The summed E-state index contributed by atoms with van der Waals surface area (Å²) in [6.07, 6.45) is 3.45. The molecule has 1 aromatic rings. The molecule has 0 aromatic heterocycles. The number of aryl methyl sites for hydroxylation is 1. The van der Waals surface area contributed by atoms with Gasteiger partial charge >= 0.3 is 0 Å². The maximum Gasteiger partial charge on any atom is 0.251 e. The first-order chi connectivity index (χ1) is 9.69. The molecule has 0 aliphatic carbocycles. The van der Waals surface area contributed by atoms with Gasteiger partial charge in [0.2, 0.25) is 0 Å². The lowest BCUT2D eigenvalue weighted by Gasteiger charge is -2.45. The topological polar surface area (TPSA) is 32.3 Å². The molecule has 4 rings (SSSR count). The van der Waals surface area contributed by atoms with E-state index < -0.39 is 0 Å². The molecule has 3 aliphatic heterocycles. The van der Waals surface area contributed by atoms with Crippen molar-refractivity contribution in [1.29, 1.82) is 0 Å². The molecule has 3 aliphatic rings. The summed E-state index contributed by atoms with van der Waals surface area (Å²) in [6.45, 7) is 7.65. The molecule has 2 bridgehead atoms. The second-order valence-electron chi connectivity index (χ2n) is 6.16. The number of nitrogens with one attached hydrogen (secondary N) is 1. The average molecular weight is 309 g/mol. The van der Waals surface area contributed by atoms with Crippen LogP contribution in [0.5, 0.6) is 0 Å². The van der Waals surface area contributed by atoms with E-state index in [1.54, 1.807) is 0 Å². The zero-order valence-corrected chi connectivity index (χ0v) is 13.7. The number of rotatable bonds is 3. The molecular formula is C17H25ClN2O. The van der Waals surface area contributed by atoms with Crippen molar-refractivity contribution in [2.45, 2.75) is 39.2 Å². The lowest BCUT2D eigenvalue weighted by molar-refractivity contribution is 0.0620. The van der Waals surface area contributed by atoms with E-state index in [0.717, 1.165) is 24.1 Å². The van der Waals surface area contributed by atoms with Gasteiger partial charge in [0.25, 0.3) is 5.91 Å². The predicted octanol–water partition coefficient (Wildman–Crippen LogP) is 2.80. The van der Waals surface area contributed by atoms with Crippen molar-refractivity contribution < 1.29 is 4.79 Å². The highest BCUT2D eigenvalue weighted by Crippen LogP contribution is 2.27. The van der Waals surface area contributed by atoms with Gasteiger partial charge in [0.05, 0.1) is 0 Å². The number of amides is 1. The number of halogens is 1. The van der Waals surface area contributed by atoms with Crippen molar-refractivity contribution in [3.63, 3.8) is 0 Å². The van der Waals surface area contributed by atoms with E-state index in [9.17, 15) is 4.79 Å². The van der Waals surface area contributed by atoms with Crippen LogP contribution in [0.25, 0.3) is 0 Å². The van der Waals surface area contributed by atoms with Crippen LogP contribution >= 0.6 is 12.4 Å². The predicted molar refractivity (Wildman–Crippen MR) is 88.2 cm³/mol. The van der Waals surface area contributed by atoms with Crippen LogP contribution in [0.2, 0.25) is 0 Å². The first-order valence-electron chi connectivity index (χ1n) is 7.80. The smallest absolute Gasteiger partial charge is 0.251 e. The van der Waals surface area contributed by atoms with Crippen LogP contribution in [0.15, 0.2) is 18.2 Å². The molecule has 21 heavy (non-hydrogen) atoms. The molecular weight excluding hydrogens is 284 g/mol. The number of benzene rings is 1. The van der Waals surface area contributed by atoms with E-state index in [4.69, 9.17) is 0 Å². The minimum Gasteiger partial charge on any atom is -0.348 e. The Bertz CT molecular complexity index is 510. The highest BCUT2D eigenvalue weighted by Gasteiger charge is 2.35. The van der Waals surface area contributed by atoms with E-state index in [1.165, 1.54) is 31.5 Å². The first kappa shape index (κ1) is 16.3. The van der Waals surface area contributed by atoms with Gasteiger partial charge in [-0.3, -0.25) is 4.79 Å². The summed E-state index contributed by atoms with van der Waals surface area (Å²) in [5.41, 5.74) is 3.25. The van der Waals surface area contributed by atoms with Crippen molar-refractivity contribution in [3.8, 4) is 0 Å². The Hall–Kier alpha value is -1.06. The SMILES string of the molecule is CCc1cccc(C(=O)NC2CN3CCC2CC3)c1C.Cl. The summed E-state index contributed by atoms with van der Waals surface area (Å²) in [4.78, 5) is 15.0. The number of carbonyl (C=O) groups is 1. The van der Waals surface area contributed by atoms with E-state index in [0.29, 0.717) is 12.0 Å². The van der Waals surface area contributed by atoms with Crippen LogP contribution in [0.1, 0.15) is 41.3 Å². The van der Waals surface area contributed by atoms with Crippen LogP contribution in [-0.4, -0.2) is 36.5 Å². The second kappa shape index (κ2) is 6.80. The maximum absolute atomic E-state index is 12.5. The molecule has 3 heterocycles. The van der Waals surface area contributed by atoms with Gasteiger partial charge in [0.1, 0.15) is 0 Å². The van der Waals surface area contributed by atoms with Gasteiger partial charge in [-0.2, -0.15) is 0 Å². The number of carbonyl (C=O) groups excluding carboxylic acids is 1. The number of hydrogen-bond donors (Lipinski definition) is 1. The lowest BCUT2D eigenvalue weighted by Crippen LogP contribution is -2.57. The minimum absolute atomic E-state index is 0. The lowest BCUT2D eigenvalue weighted by atomic mass is 9.84. The van der Waals surface area contributed by atoms with Crippen molar-refractivity contribution in [2.24, 2.45) is 5.92 Å². The summed E-state index contributed by atoms with van der Waals surface area (Å²) in [7, 11) is 0. The quantitative estimate of drug-likeness (QED) is 0.931. The number of piperidine rings is 3. The van der Waals surface area contributed by atoms with Crippen molar-refractivity contribution in [2.75, 3.05) is 19.6 Å². The third kappa shape index (κ3) is 3.24. The summed E-state index contributed by atoms with van der Waals surface area (Å²) in [6, 6.07) is 6.40. The Morgan fingerprint density at radius 2 is 2.05 bits per heavy atom. The standard InChI is InChI=1S/C17H24N2O.ClH/c1-3-13-5-4-6-15(12(13)2)17(20)18-16-11-19-9-7-14(16)8-10-19;/h4-6,14,16H,3,7-11H2,1-2H3,(H,18,20);1H. The average Bonchev–Trinajstić information content (AvgIpc) is 2.48. The fourth-order valence-corrected chi connectivity index (χ4v) is 3.69. The van der Waals surface area contributed by atoms with E-state index in [1.807, 2.05) is 12.1 Å². The summed E-state index contributed by atoms with van der Waals surface area (Å²) in [5, 5.41) is 3.28. The zero-order chi connectivity index (χ0) is 14.1. The third-order valence-corrected chi connectivity index (χ3v) is 5.04. The van der Waals surface area contributed by atoms with Crippen LogP contribution in [0, 0.1) is 12.8 Å². The van der Waals surface area contributed by atoms with Crippen LogP contribution < -0.4 is 5.32 Å². The Balaban J connectivity index is 0.00000161. The van der Waals surface area contributed by atoms with Crippen LogP contribution in [0.3, 0.4) is 0 Å². The Morgan fingerprint density at radius 3 is 2.62 bits per heavy atom. The van der Waals surface area contributed by atoms with Gasteiger partial charge in [-0.25, -0.2) is 0 Å². The molecule has 116 valence electrons. The van der Waals surface area contributed by atoms with E-state index in [-0.39, 0.29) is 18.3 Å². The van der Waals surface area contributed by atoms with Gasteiger partial charge < -0.3 is 10.2 Å². The fourth-order valence-electron chi connectivity index (χ4n) is 3.69. The summed E-state index contributed by atoms with van der Waals surface area (Å²) in [5.74, 6) is 0.787. The molecule has 0 radical (unpaired) electrons. The van der Waals surface area contributed by atoms with Gasteiger partial charge in [-0.1, -0.05) is 19.1 Å². The third-order valence-electron chi connectivity index (χ3n) is 5.04. The highest BCUT2D eigenvalue weighted by atomic mass is 35.5. The Labute approximate surface area is 133 Å². The summed E-state index contributed by atoms with van der Waals surface area (Å²) >= 11 is 0.